The molecule has 0 fully saturated rings. The number of hydrogen-bond donors (Lipinski definition) is 0. The summed E-state index contributed by atoms with van der Waals surface area (Å²) < 4.78 is 6.79. The number of fused-ring (bicyclic) bond motifs is 1. The first-order valence-electron chi connectivity index (χ1n) is 6.76. The van der Waals surface area contributed by atoms with Crippen LogP contribution in [0.1, 0.15) is 36.3 Å². The minimum absolute atomic E-state index is 0.0680. The zero-order valence-electron chi connectivity index (χ0n) is 12.0. The van der Waals surface area contributed by atoms with Crippen molar-refractivity contribution in [2.24, 2.45) is 0 Å². The normalized spacial score (nSPS) is 10.8. The summed E-state index contributed by atoms with van der Waals surface area (Å²) in [7, 11) is 0. The summed E-state index contributed by atoms with van der Waals surface area (Å²) in [6, 6.07) is 3.49. The van der Waals surface area contributed by atoms with Crippen LogP contribution in [0.25, 0.3) is 11.0 Å². The lowest BCUT2D eigenvalue weighted by Gasteiger charge is -2.11. The van der Waals surface area contributed by atoms with Crippen LogP contribution in [-0.4, -0.2) is 22.1 Å². The van der Waals surface area contributed by atoms with Crippen molar-refractivity contribution in [3.8, 4) is 0 Å². The van der Waals surface area contributed by atoms with Gasteiger partial charge in [-0.3, -0.25) is 4.79 Å². The number of aromatic nitrogens is 2. The summed E-state index contributed by atoms with van der Waals surface area (Å²) in [4.78, 5) is 28.6. The summed E-state index contributed by atoms with van der Waals surface area (Å²) >= 11 is 0. The number of carbonyl (C=O) groups is 1. The number of rotatable bonds is 4. The summed E-state index contributed by atoms with van der Waals surface area (Å²) in [6.45, 7) is 6.56. The first kappa shape index (κ1) is 14.2. The molecule has 0 bridgehead atoms. The standard InChI is InChI=1S/C15H18N2O3/c1-4-8-17-9-12(15(19)20-5-2)13(18)11-7-6-10(3)16-14(11)17/h6-7,9H,4-5,8H2,1-3H3. The highest BCUT2D eigenvalue weighted by atomic mass is 16.5. The molecular weight excluding hydrogens is 256 g/mol. The van der Waals surface area contributed by atoms with E-state index in [0.29, 0.717) is 17.6 Å². The predicted molar refractivity (Wildman–Crippen MR) is 77.0 cm³/mol. The molecule has 0 radical (unpaired) electrons. The maximum Gasteiger partial charge on any atom is 0.343 e. The van der Waals surface area contributed by atoms with Crippen molar-refractivity contribution in [2.75, 3.05) is 6.61 Å². The first-order chi connectivity index (χ1) is 9.58. The van der Waals surface area contributed by atoms with Crippen molar-refractivity contribution in [1.82, 2.24) is 9.55 Å². The molecule has 2 rings (SSSR count). The second kappa shape index (κ2) is 5.86. The fourth-order valence-electron chi connectivity index (χ4n) is 2.13. The highest BCUT2D eigenvalue weighted by Crippen LogP contribution is 2.12. The third-order valence-electron chi connectivity index (χ3n) is 3.02. The molecule has 0 amide bonds. The molecular formula is C15H18N2O3. The van der Waals surface area contributed by atoms with Gasteiger partial charge >= 0.3 is 5.97 Å². The van der Waals surface area contributed by atoms with Gasteiger partial charge in [0.1, 0.15) is 11.2 Å². The second-order valence-electron chi connectivity index (χ2n) is 4.61. The minimum Gasteiger partial charge on any atom is -0.462 e. The SMILES string of the molecule is CCCn1cc(C(=O)OCC)c(=O)c2ccc(C)nc21. The molecule has 5 heteroatoms. The van der Waals surface area contributed by atoms with E-state index in [0.717, 1.165) is 12.1 Å². The third kappa shape index (κ3) is 2.57. The number of ether oxygens (including phenoxy) is 1. The van der Waals surface area contributed by atoms with Crippen LogP contribution in [0.15, 0.2) is 23.1 Å². The molecule has 106 valence electrons. The van der Waals surface area contributed by atoms with Crippen LogP contribution in [-0.2, 0) is 11.3 Å². The monoisotopic (exact) mass is 274 g/mol. The Bertz CT molecular complexity index is 704. The fraction of sp³-hybridized carbons (Fsp3) is 0.400. The van der Waals surface area contributed by atoms with Crippen LogP contribution >= 0.6 is 0 Å². The van der Waals surface area contributed by atoms with Gasteiger partial charge in [0.05, 0.1) is 12.0 Å². The van der Waals surface area contributed by atoms with Crippen LogP contribution in [0.3, 0.4) is 0 Å². The number of pyridine rings is 2. The Balaban J connectivity index is 2.73. The summed E-state index contributed by atoms with van der Waals surface area (Å²) in [5.74, 6) is -0.579. The van der Waals surface area contributed by atoms with E-state index in [-0.39, 0.29) is 17.6 Å². The molecule has 5 nitrogen and oxygen atoms in total. The first-order valence-corrected chi connectivity index (χ1v) is 6.76. The van der Waals surface area contributed by atoms with Crippen molar-refractivity contribution in [2.45, 2.75) is 33.7 Å². The lowest BCUT2D eigenvalue weighted by Crippen LogP contribution is -2.21. The molecule has 0 aliphatic carbocycles. The third-order valence-corrected chi connectivity index (χ3v) is 3.02. The Labute approximate surface area is 117 Å². The maximum atomic E-state index is 12.4. The smallest absolute Gasteiger partial charge is 0.343 e. The second-order valence-corrected chi connectivity index (χ2v) is 4.61. The predicted octanol–water partition coefficient (Wildman–Crippen LogP) is 2.29. The molecule has 0 atom stereocenters. The van der Waals surface area contributed by atoms with Crippen molar-refractivity contribution in [1.29, 1.82) is 0 Å². The van der Waals surface area contributed by atoms with Crippen LogP contribution in [0.2, 0.25) is 0 Å². The molecule has 2 aromatic rings. The Morgan fingerprint density at radius 3 is 2.75 bits per heavy atom. The fourth-order valence-corrected chi connectivity index (χ4v) is 2.13. The van der Waals surface area contributed by atoms with Crippen LogP contribution in [0.5, 0.6) is 0 Å². The van der Waals surface area contributed by atoms with Gasteiger partial charge in [-0.05, 0) is 32.4 Å². The lowest BCUT2D eigenvalue weighted by atomic mass is 10.2. The van der Waals surface area contributed by atoms with Crippen LogP contribution in [0.4, 0.5) is 0 Å². The van der Waals surface area contributed by atoms with Gasteiger partial charge in [-0.1, -0.05) is 6.92 Å². The van der Waals surface area contributed by atoms with Gasteiger partial charge in [0.2, 0.25) is 5.43 Å². The van der Waals surface area contributed by atoms with Gasteiger partial charge in [0, 0.05) is 18.4 Å². The van der Waals surface area contributed by atoms with Crippen LogP contribution in [0, 0.1) is 6.92 Å². The van der Waals surface area contributed by atoms with Gasteiger partial charge in [0.25, 0.3) is 0 Å². The molecule has 0 spiro atoms. The maximum absolute atomic E-state index is 12.4. The molecule has 0 aliphatic heterocycles. The number of aryl methyl sites for hydroxylation is 2. The van der Waals surface area contributed by atoms with Gasteiger partial charge in [-0.25, -0.2) is 9.78 Å². The quantitative estimate of drug-likeness (QED) is 0.803. The van der Waals surface area contributed by atoms with Crippen molar-refractivity contribution in [3.63, 3.8) is 0 Å². The molecule has 20 heavy (non-hydrogen) atoms. The van der Waals surface area contributed by atoms with Crippen molar-refractivity contribution in [3.05, 3.63) is 39.8 Å². The van der Waals surface area contributed by atoms with Gasteiger partial charge < -0.3 is 9.30 Å². The molecule has 0 saturated heterocycles. The van der Waals surface area contributed by atoms with E-state index >= 15 is 0 Å². The minimum atomic E-state index is -0.579. The Morgan fingerprint density at radius 1 is 1.35 bits per heavy atom. The van der Waals surface area contributed by atoms with Gasteiger partial charge in [-0.15, -0.1) is 0 Å². The molecule has 2 heterocycles. The summed E-state index contributed by atoms with van der Waals surface area (Å²) in [5.41, 5.74) is 1.20. The Morgan fingerprint density at radius 2 is 2.10 bits per heavy atom. The van der Waals surface area contributed by atoms with Crippen molar-refractivity contribution < 1.29 is 9.53 Å². The zero-order valence-corrected chi connectivity index (χ0v) is 12.0. The molecule has 2 aromatic heterocycles. The average Bonchev–Trinajstić information content (AvgIpc) is 2.42. The van der Waals surface area contributed by atoms with E-state index < -0.39 is 5.97 Å². The summed E-state index contributed by atoms with van der Waals surface area (Å²) in [5, 5.41) is 0.453. The van der Waals surface area contributed by atoms with Gasteiger partial charge in [-0.2, -0.15) is 0 Å². The molecule has 0 unspecified atom stereocenters. The lowest BCUT2D eigenvalue weighted by molar-refractivity contribution is 0.0524. The Hall–Kier alpha value is -2.17. The van der Waals surface area contributed by atoms with Crippen LogP contribution < -0.4 is 5.43 Å². The van der Waals surface area contributed by atoms with E-state index in [1.165, 1.54) is 0 Å². The van der Waals surface area contributed by atoms with E-state index in [2.05, 4.69) is 4.98 Å². The number of esters is 1. The van der Waals surface area contributed by atoms with E-state index in [9.17, 15) is 9.59 Å². The van der Waals surface area contributed by atoms with E-state index in [1.54, 1.807) is 25.3 Å². The van der Waals surface area contributed by atoms with Crippen molar-refractivity contribution >= 4 is 17.0 Å². The van der Waals surface area contributed by atoms with E-state index in [4.69, 9.17) is 4.74 Å². The zero-order chi connectivity index (χ0) is 14.7. The number of nitrogens with zero attached hydrogens (tertiary/aromatic N) is 2. The number of hydrogen-bond acceptors (Lipinski definition) is 4. The van der Waals surface area contributed by atoms with Gasteiger partial charge in [0.15, 0.2) is 0 Å². The van der Waals surface area contributed by atoms with E-state index in [1.807, 2.05) is 18.4 Å². The topological polar surface area (TPSA) is 61.2 Å². The molecule has 0 aliphatic rings. The average molecular weight is 274 g/mol. The largest absolute Gasteiger partial charge is 0.462 e. The highest BCUT2D eigenvalue weighted by molar-refractivity contribution is 5.93. The Kier molecular flexibility index (Phi) is 4.17. The summed E-state index contributed by atoms with van der Waals surface area (Å²) in [6.07, 6.45) is 2.44. The molecule has 0 N–H and O–H groups in total. The number of carbonyl (C=O) groups excluding carboxylic acids is 1. The highest BCUT2D eigenvalue weighted by Gasteiger charge is 2.16. The molecule has 0 saturated carbocycles. The molecule has 0 aromatic carbocycles.